The predicted molar refractivity (Wildman–Crippen MR) is 64.8 cm³/mol. The molecule has 0 spiro atoms. The molecule has 0 unspecified atom stereocenters. The maximum absolute atomic E-state index is 12.1. The minimum Gasteiger partial charge on any atom is -0.359 e. The molecule has 0 radical (unpaired) electrons. The number of fused-ring (bicyclic) bond motifs is 1. The highest BCUT2D eigenvalue weighted by molar-refractivity contribution is 7.89. The number of anilines is 1. The van der Waals surface area contributed by atoms with Crippen molar-refractivity contribution in [1.29, 1.82) is 0 Å². The number of benzene rings is 1. The van der Waals surface area contributed by atoms with Crippen LogP contribution >= 0.6 is 0 Å². The van der Waals surface area contributed by atoms with Crippen LogP contribution < -0.4 is 4.90 Å². The first kappa shape index (κ1) is 12.1. The second-order valence-corrected chi connectivity index (χ2v) is 6.25. The Morgan fingerprint density at radius 3 is 2.53 bits per heavy atom. The molecule has 0 fully saturated rings. The van der Waals surface area contributed by atoms with E-state index in [2.05, 4.69) is 0 Å². The fourth-order valence-corrected chi connectivity index (χ4v) is 3.40. The first-order chi connectivity index (χ1) is 7.87. The summed E-state index contributed by atoms with van der Waals surface area (Å²) in [7, 11) is -0.0865. The van der Waals surface area contributed by atoms with E-state index in [4.69, 9.17) is 0 Å². The number of sulfonamides is 1. The van der Waals surface area contributed by atoms with E-state index in [1.165, 1.54) is 11.4 Å². The first-order valence-electron chi connectivity index (χ1n) is 5.15. The number of carbonyl (C=O) groups excluding carboxylic acids is 1. The van der Waals surface area contributed by atoms with Gasteiger partial charge in [0.25, 0.3) is 0 Å². The lowest BCUT2D eigenvalue weighted by atomic mass is 10.1. The topological polar surface area (TPSA) is 57.7 Å². The maximum Gasteiger partial charge on any atom is 0.246 e. The number of aldehydes is 1. The lowest BCUT2D eigenvalue weighted by Crippen LogP contribution is -2.42. The van der Waals surface area contributed by atoms with Crippen molar-refractivity contribution >= 4 is 22.0 Å². The molecule has 0 bridgehead atoms. The molecule has 1 aliphatic rings. The lowest BCUT2D eigenvalue weighted by Gasteiger charge is -2.33. The minimum absolute atomic E-state index is 0.261. The van der Waals surface area contributed by atoms with Gasteiger partial charge in [0.05, 0.1) is 12.4 Å². The summed E-state index contributed by atoms with van der Waals surface area (Å²) in [5, 5.41) is 0. The summed E-state index contributed by atoms with van der Waals surface area (Å²) >= 11 is 0. The van der Waals surface area contributed by atoms with Crippen LogP contribution in [0.4, 0.5) is 5.69 Å². The summed E-state index contributed by atoms with van der Waals surface area (Å²) in [5.74, 6) is 0. The molecule has 0 saturated heterocycles. The zero-order valence-electron chi connectivity index (χ0n) is 9.97. The number of hydrogen-bond donors (Lipinski definition) is 0. The molecule has 2 rings (SSSR count). The van der Waals surface area contributed by atoms with Crippen LogP contribution in [-0.4, -0.2) is 39.8 Å². The number of rotatable bonds is 1. The SMILES string of the molecule is Cc1cc2c(cc1C=O)N(C)CN(C)S2(=O)=O. The Labute approximate surface area is 101 Å². The summed E-state index contributed by atoms with van der Waals surface area (Å²) in [6.07, 6.45) is 0.744. The summed E-state index contributed by atoms with van der Waals surface area (Å²) < 4.78 is 25.5. The smallest absolute Gasteiger partial charge is 0.246 e. The molecule has 6 heteroatoms. The zero-order valence-corrected chi connectivity index (χ0v) is 10.8. The molecule has 0 saturated carbocycles. The zero-order chi connectivity index (χ0) is 12.8. The van der Waals surface area contributed by atoms with E-state index in [0.717, 1.165) is 6.29 Å². The van der Waals surface area contributed by atoms with Gasteiger partial charge in [-0.25, -0.2) is 8.42 Å². The van der Waals surface area contributed by atoms with Gasteiger partial charge in [0.15, 0.2) is 0 Å². The van der Waals surface area contributed by atoms with Gasteiger partial charge in [-0.3, -0.25) is 4.79 Å². The Balaban J connectivity index is 2.76. The van der Waals surface area contributed by atoms with Crippen LogP contribution in [0.25, 0.3) is 0 Å². The molecule has 5 nitrogen and oxygen atoms in total. The monoisotopic (exact) mass is 254 g/mol. The van der Waals surface area contributed by atoms with Crippen molar-refractivity contribution in [2.45, 2.75) is 11.8 Å². The van der Waals surface area contributed by atoms with E-state index in [-0.39, 0.29) is 11.6 Å². The Hall–Kier alpha value is -1.40. The minimum atomic E-state index is -3.43. The first-order valence-corrected chi connectivity index (χ1v) is 6.59. The second kappa shape index (κ2) is 3.82. The maximum atomic E-state index is 12.1. The van der Waals surface area contributed by atoms with Crippen LogP contribution in [-0.2, 0) is 10.0 Å². The third kappa shape index (κ3) is 1.73. The standard InChI is InChI=1S/C11H14N2O3S/c1-8-4-11-10(5-9(8)6-14)12(2)7-13(3)17(11,15)16/h4-6H,7H2,1-3H3. The highest BCUT2D eigenvalue weighted by Crippen LogP contribution is 2.33. The van der Waals surface area contributed by atoms with Crippen LogP contribution in [0.5, 0.6) is 0 Å². The van der Waals surface area contributed by atoms with Gasteiger partial charge >= 0.3 is 0 Å². The average molecular weight is 254 g/mol. The van der Waals surface area contributed by atoms with Gasteiger partial charge in [0.1, 0.15) is 11.2 Å². The number of aryl methyl sites for hydroxylation is 1. The molecule has 0 N–H and O–H groups in total. The van der Waals surface area contributed by atoms with Gasteiger partial charge < -0.3 is 4.90 Å². The van der Waals surface area contributed by atoms with Crippen molar-refractivity contribution in [3.63, 3.8) is 0 Å². The number of hydrogen-bond acceptors (Lipinski definition) is 4. The average Bonchev–Trinajstić information content (AvgIpc) is 2.26. The van der Waals surface area contributed by atoms with Crippen molar-refractivity contribution in [1.82, 2.24) is 4.31 Å². The van der Waals surface area contributed by atoms with Gasteiger partial charge in [0, 0.05) is 19.7 Å². The summed E-state index contributed by atoms with van der Waals surface area (Å²) in [5.41, 5.74) is 1.78. The van der Waals surface area contributed by atoms with E-state index in [0.29, 0.717) is 16.8 Å². The highest BCUT2D eigenvalue weighted by atomic mass is 32.2. The summed E-state index contributed by atoms with van der Waals surface area (Å²) in [6.45, 7) is 2.02. The fourth-order valence-electron chi connectivity index (χ4n) is 1.94. The Morgan fingerprint density at radius 2 is 1.94 bits per heavy atom. The molecule has 1 aromatic carbocycles. The molecule has 1 heterocycles. The molecule has 0 aliphatic carbocycles. The van der Waals surface area contributed by atoms with Crippen LogP contribution in [0.3, 0.4) is 0 Å². The second-order valence-electron chi connectivity index (χ2n) is 4.24. The summed E-state index contributed by atoms with van der Waals surface area (Å²) in [6, 6.07) is 3.18. The molecule has 92 valence electrons. The Morgan fingerprint density at radius 1 is 1.29 bits per heavy atom. The van der Waals surface area contributed by atoms with Crippen molar-refractivity contribution in [3.05, 3.63) is 23.3 Å². The third-order valence-corrected chi connectivity index (χ3v) is 4.80. The molecule has 17 heavy (non-hydrogen) atoms. The summed E-state index contributed by atoms with van der Waals surface area (Å²) in [4.78, 5) is 12.9. The van der Waals surface area contributed by atoms with E-state index >= 15 is 0 Å². The van der Waals surface area contributed by atoms with Crippen LogP contribution in [0.15, 0.2) is 17.0 Å². The van der Waals surface area contributed by atoms with Gasteiger partial charge in [-0.05, 0) is 24.6 Å². The number of carbonyl (C=O) groups is 1. The molecular formula is C11H14N2O3S. The van der Waals surface area contributed by atoms with Gasteiger partial charge in [-0.2, -0.15) is 4.31 Å². The van der Waals surface area contributed by atoms with Gasteiger partial charge in [-0.1, -0.05) is 0 Å². The Bertz CT molecular complexity index is 581. The molecule has 1 aliphatic heterocycles. The van der Waals surface area contributed by atoms with Crippen LogP contribution in [0.2, 0.25) is 0 Å². The molecule has 0 aromatic heterocycles. The van der Waals surface area contributed by atoms with Gasteiger partial charge in [0.2, 0.25) is 10.0 Å². The van der Waals surface area contributed by atoms with E-state index < -0.39 is 10.0 Å². The van der Waals surface area contributed by atoms with E-state index in [9.17, 15) is 13.2 Å². The van der Waals surface area contributed by atoms with E-state index in [1.807, 2.05) is 4.90 Å². The van der Waals surface area contributed by atoms with Crippen LogP contribution in [0, 0.1) is 6.92 Å². The van der Waals surface area contributed by atoms with Crippen LogP contribution in [0.1, 0.15) is 15.9 Å². The van der Waals surface area contributed by atoms with Crippen molar-refractivity contribution in [2.24, 2.45) is 0 Å². The third-order valence-electron chi connectivity index (χ3n) is 2.99. The highest BCUT2D eigenvalue weighted by Gasteiger charge is 2.32. The molecule has 0 amide bonds. The van der Waals surface area contributed by atoms with Crippen molar-refractivity contribution in [2.75, 3.05) is 25.7 Å². The fraction of sp³-hybridized carbons (Fsp3) is 0.364. The van der Waals surface area contributed by atoms with E-state index in [1.54, 1.807) is 26.1 Å². The Kier molecular flexibility index (Phi) is 2.71. The van der Waals surface area contributed by atoms with Crippen molar-refractivity contribution in [3.8, 4) is 0 Å². The van der Waals surface area contributed by atoms with Crippen molar-refractivity contribution < 1.29 is 13.2 Å². The largest absolute Gasteiger partial charge is 0.359 e. The molecule has 1 aromatic rings. The quantitative estimate of drug-likeness (QED) is 0.697. The van der Waals surface area contributed by atoms with Gasteiger partial charge in [-0.15, -0.1) is 0 Å². The predicted octanol–water partition coefficient (Wildman–Crippen LogP) is 0.835. The normalized spacial score (nSPS) is 18.9. The molecular weight excluding hydrogens is 240 g/mol. The lowest BCUT2D eigenvalue weighted by molar-refractivity contribution is 0.112. The molecule has 0 atom stereocenters. The number of nitrogens with zero attached hydrogens (tertiary/aromatic N) is 2.